The van der Waals surface area contributed by atoms with Gasteiger partial charge in [0.2, 0.25) is 0 Å². The number of aromatic nitrogens is 2. The van der Waals surface area contributed by atoms with Crippen molar-refractivity contribution in [2.45, 2.75) is 13.0 Å². The molecule has 0 aliphatic rings. The Hall–Kier alpha value is -1.23. The second-order valence-electron chi connectivity index (χ2n) is 4.32. The molecular weight excluding hydrogens is 301 g/mol. The largest absolute Gasteiger partial charge is 0.378 e. The number of nitrogens with one attached hydrogen (secondary N) is 2. The highest BCUT2D eigenvalue weighted by atomic mass is 35.5. The summed E-state index contributed by atoms with van der Waals surface area (Å²) in [6.07, 6.45) is 1.80. The molecule has 3 nitrogen and oxygen atoms in total. The average molecular weight is 312 g/mol. The van der Waals surface area contributed by atoms with E-state index in [0.29, 0.717) is 4.34 Å². The van der Waals surface area contributed by atoms with Crippen molar-refractivity contribution in [3.63, 3.8) is 0 Å². The summed E-state index contributed by atoms with van der Waals surface area (Å²) in [6.45, 7) is 2.06. The lowest BCUT2D eigenvalue weighted by Crippen LogP contribution is -2.05. The van der Waals surface area contributed by atoms with Crippen LogP contribution in [0.5, 0.6) is 0 Å². The smallest absolute Gasteiger partial charge is 0.0996 e. The molecule has 0 radical (unpaired) electrons. The first kappa shape index (κ1) is 12.8. The van der Waals surface area contributed by atoms with Crippen molar-refractivity contribution < 1.29 is 0 Å². The van der Waals surface area contributed by atoms with E-state index in [-0.39, 0.29) is 6.04 Å². The molecule has 0 fully saturated rings. The number of H-pyrrole nitrogens is 1. The molecule has 0 bridgehead atoms. The number of aromatic amines is 1. The highest BCUT2D eigenvalue weighted by molar-refractivity contribution is 7.20. The van der Waals surface area contributed by atoms with E-state index in [1.54, 1.807) is 6.20 Å². The molecule has 0 aliphatic carbocycles. The molecule has 1 aromatic carbocycles. The van der Waals surface area contributed by atoms with Crippen molar-refractivity contribution in [1.29, 1.82) is 0 Å². The zero-order valence-corrected chi connectivity index (χ0v) is 12.4. The maximum atomic E-state index is 6.16. The summed E-state index contributed by atoms with van der Waals surface area (Å²) < 4.78 is 1.44. The van der Waals surface area contributed by atoms with Crippen molar-refractivity contribution >= 4 is 51.1 Å². The third kappa shape index (κ3) is 2.56. The third-order valence-electron chi connectivity index (χ3n) is 2.97. The molecule has 19 heavy (non-hydrogen) atoms. The maximum Gasteiger partial charge on any atom is 0.0996 e. The van der Waals surface area contributed by atoms with Crippen molar-refractivity contribution in [2.75, 3.05) is 5.32 Å². The van der Waals surface area contributed by atoms with Gasteiger partial charge in [0.05, 0.1) is 26.4 Å². The number of fused-ring (bicyclic) bond motifs is 1. The Bertz CT molecular complexity index is 720. The standard InChI is InChI=1S/C13H11Cl2N3S/c1-7(10-5-12(14)19-13(10)15)17-9-3-2-8-6-16-18-11(8)4-9/h2-7,17H,1H3,(H,16,18). The molecule has 2 aromatic heterocycles. The predicted octanol–water partition coefficient (Wildman–Crippen LogP) is 5.10. The second-order valence-corrected chi connectivity index (χ2v) is 6.60. The van der Waals surface area contributed by atoms with Crippen LogP contribution < -0.4 is 5.32 Å². The summed E-state index contributed by atoms with van der Waals surface area (Å²) in [6, 6.07) is 8.07. The summed E-state index contributed by atoms with van der Waals surface area (Å²) in [7, 11) is 0. The van der Waals surface area contributed by atoms with Gasteiger partial charge in [-0.1, -0.05) is 23.2 Å². The van der Waals surface area contributed by atoms with E-state index in [1.165, 1.54) is 11.3 Å². The molecular formula is C13H11Cl2N3S. The number of hydrogen-bond acceptors (Lipinski definition) is 3. The summed E-state index contributed by atoms with van der Waals surface area (Å²) in [5.41, 5.74) is 3.04. The Balaban J connectivity index is 1.85. The van der Waals surface area contributed by atoms with Gasteiger partial charge < -0.3 is 5.32 Å². The van der Waals surface area contributed by atoms with Gasteiger partial charge in [-0.25, -0.2) is 0 Å². The lowest BCUT2D eigenvalue weighted by atomic mass is 10.1. The van der Waals surface area contributed by atoms with Gasteiger partial charge in [0.15, 0.2) is 0 Å². The monoisotopic (exact) mass is 311 g/mol. The van der Waals surface area contributed by atoms with Gasteiger partial charge in [-0.3, -0.25) is 5.10 Å². The number of rotatable bonds is 3. The van der Waals surface area contributed by atoms with Crippen LogP contribution in [0.15, 0.2) is 30.5 Å². The van der Waals surface area contributed by atoms with Crippen molar-refractivity contribution in [3.05, 3.63) is 44.7 Å². The Kier molecular flexibility index (Phi) is 3.39. The van der Waals surface area contributed by atoms with E-state index in [2.05, 4.69) is 22.4 Å². The quantitative estimate of drug-likeness (QED) is 0.706. The Morgan fingerprint density at radius 1 is 1.32 bits per heavy atom. The van der Waals surface area contributed by atoms with Gasteiger partial charge in [-0.2, -0.15) is 5.10 Å². The molecule has 0 amide bonds. The van der Waals surface area contributed by atoms with E-state index >= 15 is 0 Å². The molecule has 0 spiro atoms. The Morgan fingerprint density at radius 3 is 2.89 bits per heavy atom. The van der Waals surface area contributed by atoms with Crippen molar-refractivity contribution in [2.24, 2.45) is 0 Å². The van der Waals surface area contributed by atoms with E-state index < -0.39 is 0 Å². The molecule has 0 aliphatic heterocycles. The fourth-order valence-corrected chi connectivity index (χ4v) is 3.65. The number of hydrogen-bond donors (Lipinski definition) is 2. The van der Waals surface area contributed by atoms with Gasteiger partial charge in [0.25, 0.3) is 0 Å². The molecule has 2 N–H and O–H groups in total. The van der Waals surface area contributed by atoms with Gasteiger partial charge >= 0.3 is 0 Å². The summed E-state index contributed by atoms with van der Waals surface area (Å²) in [4.78, 5) is 0. The number of anilines is 1. The lowest BCUT2D eigenvalue weighted by Gasteiger charge is -2.14. The highest BCUT2D eigenvalue weighted by Gasteiger charge is 2.13. The SMILES string of the molecule is CC(Nc1ccc2cn[nH]c2c1)c1cc(Cl)sc1Cl. The van der Waals surface area contributed by atoms with Crippen LogP contribution in [0.4, 0.5) is 5.69 Å². The maximum absolute atomic E-state index is 6.16. The highest BCUT2D eigenvalue weighted by Crippen LogP contribution is 2.36. The van der Waals surface area contributed by atoms with Crippen LogP contribution in [0, 0.1) is 0 Å². The molecule has 3 aromatic rings. The molecule has 1 unspecified atom stereocenters. The van der Waals surface area contributed by atoms with E-state index in [0.717, 1.165) is 26.5 Å². The van der Waals surface area contributed by atoms with Gasteiger partial charge in [0, 0.05) is 16.6 Å². The molecule has 0 saturated heterocycles. The van der Waals surface area contributed by atoms with Gasteiger partial charge in [0.1, 0.15) is 0 Å². The van der Waals surface area contributed by atoms with Crippen molar-refractivity contribution in [1.82, 2.24) is 10.2 Å². The number of benzene rings is 1. The molecule has 2 heterocycles. The molecule has 0 saturated carbocycles. The lowest BCUT2D eigenvalue weighted by molar-refractivity contribution is 0.891. The summed E-state index contributed by atoms with van der Waals surface area (Å²) in [5.74, 6) is 0. The molecule has 98 valence electrons. The summed E-state index contributed by atoms with van der Waals surface area (Å²) in [5, 5.41) is 11.5. The van der Waals surface area contributed by atoms with Crippen LogP contribution in [-0.2, 0) is 0 Å². The molecule has 6 heteroatoms. The zero-order valence-electron chi connectivity index (χ0n) is 10.1. The van der Waals surface area contributed by atoms with Gasteiger partial charge in [-0.05, 0) is 31.2 Å². The van der Waals surface area contributed by atoms with E-state index in [4.69, 9.17) is 23.2 Å². The topological polar surface area (TPSA) is 40.7 Å². The predicted molar refractivity (Wildman–Crippen MR) is 82.5 cm³/mol. The van der Waals surface area contributed by atoms with Crippen LogP contribution in [-0.4, -0.2) is 10.2 Å². The number of thiophene rings is 1. The van der Waals surface area contributed by atoms with Crippen LogP contribution in [0.2, 0.25) is 8.67 Å². The minimum absolute atomic E-state index is 0.0941. The minimum Gasteiger partial charge on any atom is -0.378 e. The van der Waals surface area contributed by atoms with Crippen molar-refractivity contribution in [3.8, 4) is 0 Å². The first-order valence-electron chi connectivity index (χ1n) is 5.78. The van der Waals surface area contributed by atoms with Gasteiger partial charge in [-0.15, -0.1) is 11.3 Å². The first-order valence-corrected chi connectivity index (χ1v) is 7.35. The fraction of sp³-hybridized carbons (Fsp3) is 0.154. The Morgan fingerprint density at radius 2 is 2.16 bits per heavy atom. The second kappa shape index (κ2) is 5.04. The molecule has 3 rings (SSSR count). The van der Waals surface area contributed by atoms with E-state index in [9.17, 15) is 0 Å². The zero-order chi connectivity index (χ0) is 13.4. The number of nitrogens with zero attached hydrogens (tertiary/aromatic N) is 1. The normalized spacial score (nSPS) is 12.8. The van der Waals surface area contributed by atoms with Crippen LogP contribution >= 0.6 is 34.5 Å². The van der Waals surface area contributed by atoms with E-state index in [1.807, 2.05) is 24.3 Å². The summed E-state index contributed by atoms with van der Waals surface area (Å²) >= 11 is 13.5. The minimum atomic E-state index is 0.0941. The van der Waals surface area contributed by atoms with Crippen LogP contribution in [0.25, 0.3) is 10.9 Å². The average Bonchev–Trinajstić information content (AvgIpc) is 2.94. The Labute approximate surface area is 124 Å². The first-order chi connectivity index (χ1) is 9.13. The fourth-order valence-electron chi connectivity index (χ4n) is 2.00. The van der Waals surface area contributed by atoms with Crippen LogP contribution in [0.1, 0.15) is 18.5 Å². The van der Waals surface area contributed by atoms with Crippen LogP contribution in [0.3, 0.4) is 0 Å². The molecule has 1 atom stereocenters. The third-order valence-corrected chi connectivity index (χ3v) is 4.49. The number of halogens is 2.